The van der Waals surface area contributed by atoms with Crippen LogP contribution in [-0.2, 0) is 14.3 Å². The lowest BCUT2D eigenvalue weighted by Crippen LogP contribution is -2.41. The van der Waals surface area contributed by atoms with Crippen LogP contribution in [0.5, 0.6) is 0 Å². The van der Waals surface area contributed by atoms with Gasteiger partial charge in [0.15, 0.2) is 0 Å². The van der Waals surface area contributed by atoms with E-state index in [0.717, 1.165) is 5.56 Å². The van der Waals surface area contributed by atoms with Gasteiger partial charge in [-0.25, -0.2) is 0 Å². The van der Waals surface area contributed by atoms with Gasteiger partial charge in [0.1, 0.15) is 12.0 Å². The van der Waals surface area contributed by atoms with Gasteiger partial charge in [-0.2, -0.15) is 0 Å². The third kappa shape index (κ3) is 4.30. The van der Waals surface area contributed by atoms with Crippen LogP contribution in [-0.4, -0.2) is 60.2 Å². The van der Waals surface area contributed by atoms with E-state index in [1.807, 2.05) is 18.7 Å². The highest BCUT2D eigenvalue weighted by Gasteiger charge is 2.38. The van der Waals surface area contributed by atoms with Crippen LogP contribution >= 0.6 is 11.8 Å². The first kappa shape index (κ1) is 18.8. The zero-order valence-corrected chi connectivity index (χ0v) is 15.6. The average Bonchev–Trinajstić information content (AvgIpc) is 2.84. The lowest BCUT2D eigenvalue weighted by Gasteiger charge is -2.28. The predicted molar refractivity (Wildman–Crippen MR) is 96.8 cm³/mol. The Morgan fingerprint density at radius 3 is 2.58 bits per heavy atom. The summed E-state index contributed by atoms with van der Waals surface area (Å²) in [5, 5.41) is -0.0367. The maximum Gasteiger partial charge on any atom is 0.248 e. The van der Waals surface area contributed by atoms with Crippen molar-refractivity contribution < 1.29 is 14.3 Å². The van der Waals surface area contributed by atoms with Crippen molar-refractivity contribution in [2.75, 3.05) is 33.4 Å². The number of thioether (sulfide) groups is 1. The molecule has 6 heteroatoms. The first-order valence-corrected chi connectivity index (χ1v) is 9.21. The van der Waals surface area contributed by atoms with Crippen molar-refractivity contribution in [2.24, 2.45) is 0 Å². The number of carbonyl (C=O) groups excluding carboxylic acids is 2. The van der Waals surface area contributed by atoms with Gasteiger partial charge in [-0.05, 0) is 26.3 Å². The molecule has 24 heavy (non-hydrogen) atoms. The molecule has 0 radical (unpaired) electrons. The van der Waals surface area contributed by atoms with Crippen molar-refractivity contribution in [2.45, 2.75) is 31.4 Å². The summed E-state index contributed by atoms with van der Waals surface area (Å²) in [7, 11) is 1.52. The van der Waals surface area contributed by atoms with E-state index in [9.17, 15) is 9.59 Å². The Kier molecular flexibility index (Phi) is 6.69. The minimum Gasteiger partial charge on any atom is -0.375 e. The van der Waals surface area contributed by atoms with Crippen LogP contribution in [0.2, 0.25) is 0 Å². The Morgan fingerprint density at radius 2 is 2.00 bits per heavy atom. The van der Waals surface area contributed by atoms with Crippen LogP contribution in [0.4, 0.5) is 0 Å². The van der Waals surface area contributed by atoms with E-state index >= 15 is 0 Å². The summed E-state index contributed by atoms with van der Waals surface area (Å²) in [4.78, 5) is 28.2. The van der Waals surface area contributed by atoms with Gasteiger partial charge in [0.2, 0.25) is 11.8 Å². The van der Waals surface area contributed by atoms with Gasteiger partial charge in [-0.1, -0.05) is 29.8 Å². The van der Waals surface area contributed by atoms with Crippen molar-refractivity contribution in [3.05, 3.63) is 35.4 Å². The molecule has 1 aliphatic rings. The molecule has 0 N–H and O–H groups in total. The quantitative estimate of drug-likeness (QED) is 0.758. The maximum absolute atomic E-state index is 12.5. The SMILES string of the molecule is CCN(CCN1C(=O)[C@H](C)S[C@H]1c1ccc(C)cc1)C(=O)COC. The lowest BCUT2D eigenvalue weighted by atomic mass is 10.1. The number of nitrogens with zero attached hydrogens (tertiary/aromatic N) is 2. The summed E-state index contributed by atoms with van der Waals surface area (Å²) >= 11 is 1.67. The number of carbonyl (C=O) groups is 2. The zero-order chi connectivity index (χ0) is 17.7. The highest BCUT2D eigenvalue weighted by Crippen LogP contribution is 2.42. The highest BCUT2D eigenvalue weighted by molar-refractivity contribution is 8.01. The van der Waals surface area contributed by atoms with E-state index in [0.29, 0.717) is 19.6 Å². The molecule has 0 bridgehead atoms. The van der Waals surface area contributed by atoms with Gasteiger partial charge >= 0.3 is 0 Å². The van der Waals surface area contributed by atoms with Crippen molar-refractivity contribution in [3.8, 4) is 0 Å². The molecule has 2 rings (SSSR count). The van der Waals surface area contributed by atoms with Crippen LogP contribution in [0.15, 0.2) is 24.3 Å². The van der Waals surface area contributed by atoms with E-state index in [4.69, 9.17) is 4.74 Å². The Morgan fingerprint density at radius 1 is 1.33 bits per heavy atom. The molecular weight excluding hydrogens is 324 g/mol. The molecule has 1 aliphatic heterocycles. The molecule has 0 saturated carbocycles. The molecule has 2 amide bonds. The number of methoxy groups -OCH3 is 1. The number of amides is 2. The fraction of sp³-hybridized carbons (Fsp3) is 0.556. The Hall–Kier alpha value is -1.53. The smallest absolute Gasteiger partial charge is 0.248 e. The van der Waals surface area contributed by atoms with Gasteiger partial charge in [0.05, 0.1) is 5.25 Å². The topological polar surface area (TPSA) is 49.9 Å². The number of hydrogen-bond acceptors (Lipinski definition) is 4. The van der Waals surface area contributed by atoms with Crippen LogP contribution in [0.25, 0.3) is 0 Å². The van der Waals surface area contributed by atoms with Crippen LogP contribution in [0.1, 0.15) is 30.3 Å². The molecule has 1 aromatic carbocycles. The third-order valence-corrected chi connectivity index (χ3v) is 5.62. The number of benzene rings is 1. The first-order valence-electron chi connectivity index (χ1n) is 8.27. The summed E-state index contributed by atoms with van der Waals surface area (Å²) in [6, 6.07) is 8.31. The number of likely N-dealkylation sites (N-methyl/N-ethyl adjacent to an activating group) is 1. The predicted octanol–water partition coefficient (Wildman–Crippen LogP) is 2.45. The summed E-state index contributed by atoms with van der Waals surface area (Å²) in [6.45, 7) is 7.70. The molecular formula is C18H26N2O3S. The van der Waals surface area contributed by atoms with Crippen molar-refractivity contribution in [3.63, 3.8) is 0 Å². The molecule has 1 saturated heterocycles. The largest absolute Gasteiger partial charge is 0.375 e. The molecule has 0 unspecified atom stereocenters. The van der Waals surface area contributed by atoms with Gasteiger partial charge in [0, 0.05) is 26.7 Å². The highest BCUT2D eigenvalue weighted by atomic mass is 32.2. The van der Waals surface area contributed by atoms with Crippen LogP contribution < -0.4 is 0 Å². The maximum atomic E-state index is 12.5. The molecule has 5 nitrogen and oxygen atoms in total. The number of rotatable bonds is 7. The molecule has 2 atom stereocenters. The normalized spacial score (nSPS) is 20.5. The summed E-state index contributed by atoms with van der Waals surface area (Å²) in [6.07, 6.45) is 0. The van der Waals surface area contributed by atoms with Crippen LogP contribution in [0.3, 0.4) is 0 Å². The number of aryl methyl sites for hydroxylation is 1. The molecule has 1 aromatic rings. The molecule has 0 aliphatic carbocycles. The Balaban J connectivity index is 2.08. The second-order valence-corrected chi connectivity index (χ2v) is 7.41. The first-order chi connectivity index (χ1) is 11.5. The average molecular weight is 350 g/mol. The standard InChI is InChI=1S/C18H26N2O3S/c1-5-19(16(21)12-23-4)10-11-20-17(22)14(3)24-18(20)15-8-6-13(2)7-9-15/h6-9,14,18H,5,10-12H2,1-4H3/t14-,18-/m0/s1. The molecule has 1 fully saturated rings. The zero-order valence-electron chi connectivity index (χ0n) is 14.8. The number of ether oxygens (including phenoxy) is 1. The molecule has 132 valence electrons. The van der Waals surface area contributed by atoms with Crippen molar-refractivity contribution in [1.82, 2.24) is 9.80 Å². The lowest BCUT2D eigenvalue weighted by molar-refractivity contribution is -0.137. The van der Waals surface area contributed by atoms with Gasteiger partial charge in [-0.15, -0.1) is 11.8 Å². The monoisotopic (exact) mass is 350 g/mol. The fourth-order valence-corrected chi connectivity index (χ4v) is 4.10. The second-order valence-electron chi connectivity index (χ2n) is 5.98. The summed E-state index contributed by atoms with van der Waals surface area (Å²) < 4.78 is 4.92. The van der Waals surface area contributed by atoms with Gasteiger partial charge in [0.25, 0.3) is 0 Å². The fourth-order valence-electron chi connectivity index (χ4n) is 2.79. The van der Waals surface area contributed by atoms with E-state index in [-0.39, 0.29) is 29.0 Å². The second kappa shape index (κ2) is 8.53. The summed E-state index contributed by atoms with van der Waals surface area (Å²) in [5.41, 5.74) is 2.34. The van der Waals surface area contributed by atoms with Crippen LogP contribution in [0, 0.1) is 6.92 Å². The molecule has 0 spiro atoms. The van der Waals surface area contributed by atoms with Gasteiger partial charge < -0.3 is 14.5 Å². The van der Waals surface area contributed by atoms with E-state index in [2.05, 4.69) is 31.2 Å². The molecule has 0 aromatic heterocycles. The molecule has 1 heterocycles. The van der Waals surface area contributed by atoms with E-state index in [1.165, 1.54) is 12.7 Å². The number of hydrogen-bond donors (Lipinski definition) is 0. The van der Waals surface area contributed by atoms with Crippen molar-refractivity contribution in [1.29, 1.82) is 0 Å². The Bertz CT molecular complexity index is 576. The third-order valence-electron chi connectivity index (χ3n) is 4.22. The van der Waals surface area contributed by atoms with E-state index in [1.54, 1.807) is 16.7 Å². The van der Waals surface area contributed by atoms with Gasteiger partial charge in [-0.3, -0.25) is 9.59 Å². The minimum absolute atomic E-state index is 0.0179. The van der Waals surface area contributed by atoms with Crippen molar-refractivity contribution >= 4 is 23.6 Å². The Labute approximate surface area is 148 Å². The minimum atomic E-state index is -0.0546. The summed E-state index contributed by atoms with van der Waals surface area (Å²) in [5.74, 6) is 0.0973. The van der Waals surface area contributed by atoms with E-state index < -0.39 is 0 Å².